The monoisotopic (exact) mass is 824 g/mol. The van der Waals surface area contributed by atoms with E-state index in [0.717, 1.165) is 80.5 Å². The molecule has 4 unspecified atom stereocenters. The van der Waals surface area contributed by atoms with Gasteiger partial charge in [0.2, 0.25) is 0 Å². The second-order valence-electron chi connectivity index (χ2n) is 20.5. The number of esters is 3. The number of ether oxygens (including phenoxy) is 3. The molecule has 0 saturated heterocycles. The van der Waals surface area contributed by atoms with Crippen LogP contribution in [-0.4, -0.2) is 43.3 Å². The Morgan fingerprint density at radius 2 is 1.44 bits per heavy atom. The maximum atomic E-state index is 12.9. The molecule has 0 bridgehead atoms. The molecule has 0 amide bonds. The highest BCUT2D eigenvalue weighted by molar-refractivity contribution is 5.77. The third kappa shape index (κ3) is 15.3. The number of fused-ring (bicyclic) bond motifs is 5. The van der Waals surface area contributed by atoms with Crippen molar-refractivity contribution < 1.29 is 28.6 Å². The molecule has 7 heteroatoms. The molecule has 0 aromatic carbocycles. The minimum atomic E-state index is -0.683. The first-order chi connectivity index (χ1) is 28.4. The largest absolute Gasteiger partial charge is 0.462 e. The quantitative estimate of drug-likeness (QED) is 0.0362. The first kappa shape index (κ1) is 49.5. The van der Waals surface area contributed by atoms with Gasteiger partial charge in [-0.05, 0) is 123 Å². The van der Waals surface area contributed by atoms with Crippen molar-refractivity contribution in [3.8, 4) is 0 Å². The van der Waals surface area contributed by atoms with Crippen LogP contribution < -0.4 is 5.73 Å². The lowest BCUT2D eigenvalue weighted by molar-refractivity contribution is -0.160. The van der Waals surface area contributed by atoms with Gasteiger partial charge in [0.1, 0.15) is 18.8 Å². The summed E-state index contributed by atoms with van der Waals surface area (Å²) < 4.78 is 16.8. The number of rotatable bonds is 28. The zero-order valence-corrected chi connectivity index (χ0v) is 38.9. The Hall–Kier alpha value is -2.15. The minimum Gasteiger partial charge on any atom is -0.462 e. The van der Waals surface area contributed by atoms with E-state index < -0.39 is 12.1 Å². The fourth-order valence-electron chi connectivity index (χ4n) is 12.2. The van der Waals surface area contributed by atoms with Crippen molar-refractivity contribution in [3.63, 3.8) is 0 Å². The molecule has 4 aliphatic rings. The summed E-state index contributed by atoms with van der Waals surface area (Å²) in [7, 11) is 0. The van der Waals surface area contributed by atoms with Crippen molar-refractivity contribution in [2.75, 3.05) is 13.2 Å². The molecule has 2 N–H and O–H groups in total. The Labute approximate surface area is 361 Å². The van der Waals surface area contributed by atoms with Crippen LogP contribution in [0.15, 0.2) is 23.8 Å². The van der Waals surface area contributed by atoms with E-state index in [1.165, 1.54) is 115 Å². The molecule has 0 spiro atoms. The van der Waals surface area contributed by atoms with E-state index >= 15 is 0 Å². The SMILES string of the molecule is CCCCCCCC/C=C\CCCCCCCC(=O)OC(CN)COC(=O)CCC(=O)O[C@H]1CC[C@@]2(C)C(=CCC3C2CC[C@@]2(C)C3CC[C@@H]2[C@H](C)CCCC(C)C)C1. The predicted molar refractivity (Wildman–Crippen MR) is 242 cm³/mol. The standard InChI is InChI=1S/C52H89NO6/c1-7-8-9-10-11-12-13-14-15-16-17-18-19-20-21-25-49(55)59-43(37-53)38-57-48(54)30-31-50(56)58-42-32-34-51(5)41(36-42)26-27-44-46-29-28-45(40(4)24-22-23-39(2)3)52(46,6)35-33-47(44)51/h14-15,26,39-40,42-47H,7-13,16-25,27-38,53H2,1-6H3/b15-14-/t40-,42+,43?,44?,45-,46?,47?,51+,52-/m1/s1. The molecule has 0 aromatic rings. The van der Waals surface area contributed by atoms with Crippen LogP contribution in [0.3, 0.4) is 0 Å². The molecule has 3 fully saturated rings. The van der Waals surface area contributed by atoms with Crippen LogP contribution in [0.25, 0.3) is 0 Å². The third-order valence-electron chi connectivity index (χ3n) is 15.7. The van der Waals surface area contributed by atoms with Crippen molar-refractivity contribution in [3.05, 3.63) is 23.8 Å². The van der Waals surface area contributed by atoms with Crippen molar-refractivity contribution >= 4 is 17.9 Å². The molecule has 4 rings (SSSR count). The fourth-order valence-corrected chi connectivity index (χ4v) is 12.2. The number of unbranched alkanes of at least 4 members (excludes halogenated alkanes) is 11. The van der Waals surface area contributed by atoms with Gasteiger partial charge in [0.15, 0.2) is 0 Å². The van der Waals surface area contributed by atoms with Crippen molar-refractivity contribution in [1.29, 1.82) is 0 Å². The van der Waals surface area contributed by atoms with Crippen LogP contribution in [-0.2, 0) is 28.6 Å². The highest BCUT2D eigenvalue weighted by atomic mass is 16.6. The van der Waals surface area contributed by atoms with Crippen molar-refractivity contribution in [1.82, 2.24) is 0 Å². The van der Waals surface area contributed by atoms with Gasteiger partial charge in [-0.1, -0.05) is 136 Å². The van der Waals surface area contributed by atoms with Crippen LogP contribution in [0.4, 0.5) is 0 Å². The van der Waals surface area contributed by atoms with Gasteiger partial charge in [-0.3, -0.25) is 14.4 Å². The normalized spacial score (nSPS) is 28.7. The average molecular weight is 824 g/mol. The zero-order valence-electron chi connectivity index (χ0n) is 38.9. The van der Waals surface area contributed by atoms with Crippen LogP contribution in [0, 0.1) is 46.3 Å². The maximum Gasteiger partial charge on any atom is 0.306 e. The Balaban J connectivity index is 1.07. The number of carbonyl (C=O) groups is 3. The number of hydrogen-bond acceptors (Lipinski definition) is 7. The van der Waals surface area contributed by atoms with E-state index in [9.17, 15) is 14.4 Å². The Morgan fingerprint density at radius 3 is 2.14 bits per heavy atom. The van der Waals surface area contributed by atoms with Gasteiger partial charge in [-0.15, -0.1) is 0 Å². The number of carbonyl (C=O) groups excluding carboxylic acids is 3. The second-order valence-corrected chi connectivity index (χ2v) is 20.5. The topological polar surface area (TPSA) is 105 Å². The first-order valence-corrected chi connectivity index (χ1v) is 25.0. The molecular weight excluding hydrogens is 735 g/mol. The maximum absolute atomic E-state index is 12.9. The lowest BCUT2D eigenvalue weighted by Crippen LogP contribution is -2.51. The molecule has 4 aliphatic carbocycles. The van der Waals surface area contributed by atoms with E-state index in [-0.39, 0.29) is 49.5 Å². The summed E-state index contributed by atoms with van der Waals surface area (Å²) >= 11 is 0. The molecule has 0 heterocycles. The molecule has 0 aliphatic heterocycles. The Morgan fingerprint density at radius 1 is 0.763 bits per heavy atom. The van der Waals surface area contributed by atoms with Gasteiger partial charge in [-0.2, -0.15) is 0 Å². The lowest BCUT2D eigenvalue weighted by Gasteiger charge is -2.58. The Kier molecular flexibility index (Phi) is 21.6. The molecule has 338 valence electrons. The van der Waals surface area contributed by atoms with Gasteiger partial charge < -0.3 is 19.9 Å². The summed E-state index contributed by atoms with van der Waals surface area (Å²) in [6, 6.07) is 0. The predicted octanol–water partition coefficient (Wildman–Crippen LogP) is 13.2. The van der Waals surface area contributed by atoms with Crippen molar-refractivity contribution in [2.45, 2.75) is 227 Å². The zero-order chi connectivity index (χ0) is 42.7. The van der Waals surface area contributed by atoms with E-state index in [1.54, 1.807) is 0 Å². The van der Waals surface area contributed by atoms with Gasteiger partial charge in [0.25, 0.3) is 0 Å². The van der Waals surface area contributed by atoms with Crippen LogP contribution in [0.2, 0.25) is 0 Å². The highest BCUT2D eigenvalue weighted by Gasteiger charge is 2.59. The molecule has 3 saturated carbocycles. The Bertz CT molecular complexity index is 1320. The number of nitrogens with two attached hydrogens (primary N) is 1. The molecule has 0 aromatic heterocycles. The minimum absolute atomic E-state index is 0.0176. The third-order valence-corrected chi connectivity index (χ3v) is 15.7. The summed E-state index contributed by atoms with van der Waals surface area (Å²) in [5.41, 5.74) is 8.01. The van der Waals surface area contributed by atoms with Crippen molar-refractivity contribution in [2.24, 2.45) is 52.1 Å². The lowest BCUT2D eigenvalue weighted by atomic mass is 9.47. The first-order valence-electron chi connectivity index (χ1n) is 25.0. The average Bonchev–Trinajstić information content (AvgIpc) is 3.57. The summed E-state index contributed by atoms with van der Waals surface area (Å²) in [6.07, 6.45) is 35.8. The van der Waals surface area contributed by atoms with Gasteiger partial charge >= 0.3 is 17.9 Å². The van der Waals surface area contributed by atoms with Crippen LogP contribution in [0.1, 0.15) is 215 Å². The summed E-state index contributed by atoms with van der Waals surface area (Å²) in [4.78, 5) is 37.9. The van der Waals surface area contributed by atoms with E-state index in [4.69, 9.17) is 19.9 Å². The van der Waals surface area contributed by atoms with Gasteiger partial charge in [0, 0.05) is 19.4 Å². The molecule has 59 heavy (non-hydrogen) atoms. The summed E-state index contributed by atoms with van der Waals surface area (Å²) in [5, 5.41) is 0. The van der Waals surface area contributed by atoms with Crippen LogP contribution >= 0.6 is 0 Å². The summed E-state index contributed by atoms with van der Waals surface area (Å²) in [5.74, 6) is 3.66. The second kappa shape index (κ2) is 25.7. The van der Waals surface area contributed by atoms with Gasteiger partial charge in [0.05, 0.1) is 12.8 Å². The molecule has 9 atom stereocenters. The molecule has 0 radical (unpaired) electrons. The number of hydrogen-bond donors (Lipinski definition) is 1. The van der Waals surface area contributed by atoms with Gasteiger partial charge in [-0.25, -0.2) is 0 Å². The number of allylic oxidation sites excluding steroid dienone is 3. The smallest absolute Gasteiger partial charge is 0.306 e. The molecule has 7 nitrogen and oxygen atoms in total. The van der Waals surface area contributed by atoms with E-state index in [2.05, 4.69) is 59.8 Å². The molecular formula is C52H89NO6. The van der Waals surface area contributed by atoms with E-state index in [1.807, 2.05) is 0 Å². The fraction of sp³-hybridized carbons (Fsp3) is 0.865. The summed E-state index contributed by atoms with van der Waals surface area (Å²) in [6.45, 7) is 14.7. The van der Waals surface area contributed by atoms with E-state index in [0.29, 0.717) is 11.8 Å². The highest BCUT2D eigenvalue weighted by Crippen LogP contribution is 2.67. The van der Waals surface area contributed by atoms with Crippen LogP contribution in [0.5, 0.6) is 0 Å².